The van der Waals surface area contributed by atoms with E-state index in [9.17, 15) is 9.59 Å². The maximum atomic E-state index is 12.8. The van der Waals surface area contributed by atoms with Crippen molar-refractivity contribution in [3.05, 3.63) is 59.6 Å². The van der Waals surface area contributed by atoms with Gasteiger partial charge in [0, 0.05) is 18.8 Å². The zero-order chi connectivity index (χ0) is 19.4. The molecule has 140 valence electrons. The van der Waals surface area contributed by atoms with E-state index in [1.54, 1.807) is 18.2 Å². The van der Waals surface area contributed by atoms with E-state index < -0.39 is 11.8 Å². The third-order valence-corrected chi connectivity index (χ3v) is 4.73. The number of benzene rings is 1. The molecule has 1 aliphatic rings. The molecule has 1 aromatic carbocycles. The van der Waals surface area contributed by atoms with Crippen LogP contribution in [0.2, 0.25) is 0 Å². The van der Waals surface area contributed by atoms with Crippen molar-refractivity contribution in [2.45, 2.75) is 20.4 Å². The van der Waals surface area contributed by atoms with Gasteiger partial charge in [-0.3, -0.25) is 19.8 Å². The quantitative estimate of drug-likeness (QED) is 0.472. The minimum Gasteiger partial charge on any atom is -0.467 e. The molecule has 1 fully saturated rings. The number of rotatable bonds is 6. The van der Waals surface area contributed by atoms with Gasteiger partial charge >= 0.3 is 0 Å². The summed E-state index contributed by atoms with van der Waals surface area (Å²) in [4.78, 5) is 28.6. The third kappa shape index (κ3) is 4.09. The Bertz CT molecular complexity index is 868. The molecule has 0 atom stereocenters. The van der Waals surface area contributed by atoms with Crippen molar-refractivity contribution in [3.63, 3.8) is 0 Å². The Kier molecular flexibility index (Phi) is 5.71. The average Bonchev–Trinajstić information content (AvgIpc) is 3.18. The first-order valence-electron chi connectivity index (χ1n) is 8.79. The summed E-state index contributed by atoms with van der Waals surface area (Å²) in [6, 6.07) is 11.2. The van der Waals surface area contributed by atoms with Gasteiger partial charge in [-0.05, 0) is 62.0 Å². The van der Waals surface area contributed by atoms with E-state index in [0.29, 0.717) is 5.76 Å². The molecule has 3 rings (SSSR count). The highest BCUT2D eigenvalue weighted by molar-refractivity contribution is 7.80. The van der Waals surface area contributed by atoms with E-state index >= 15 is 0 Å². The number of hydrogen-bond donors (Lipinski definition) is 1. The number of carbonyl (C=O) groups is 2. The summed E-state index contributed by atoms with van der Waals surface area (Å²) in [7, 11) is 0. The molecule has 1 saturated heterocycles. The Morgan fingerprint density at radius 2 is 1.85 bits per heavy atom. The summed E-state index contributed by atoms with van der Waals surface area (Å²) in [5, 5.41) is 2.65. The molecular formula is C20H21N3O3S. The lowest BCUT2D eigenvalue weighted by Gasteiger charge is -2.28. The van der Waals surface area contributed by atoms with E-state index in [0.717, 1.165) is 24.3 Å². The molecule has 1 aliphatic heterocycles. The van der Waals surface area contributed by atoms with Crippen LogP contribution in [0.25, 0.3) is 6.08 Å². The predicted molar refractivity (Wildman–Crippen MR) is 108 cm³/mol. The van der Waals surface area contributed by atoms with Crippen LogP contribution in [0, 0.1) is 0 Å². The zero-order valence-electron chi connectivity index (χ0n) is 15.3. The minimum absolute atomic E-state index is 0.0470. The molecule has 0 aliphatic carbocycles. The Labute approximate surface area is 163 Å². The second-order valence-corrected chi connectivity index (χ2v) is 6.44. The van der Waals surface area contributed by atoms with Gasteiger partial charge in [-0.25, -0.2) is 0 Å². The number of amides is 2. The lowest BCUT2D eigenvalue weighted by molar-refractivity contribution is -0.129. The number of thiocarbonyl (C=S) groups is 1. The molecule has 0 unspecified atom stereocenters. The number of nitrogens with one attached hydrogen (secondary N) is 1. The van der Waals surface area contributed by atoms with Crippen LogP contribution >= 0.6 is 12.2 Å². The molecule has 27 heavy (non-hydrogen) atoms. The summed E-state index contributed by atoms with van der Waals surface area (Å²) in [6.07, 6.45) is 3.11. The fourth-order valence-electron chi connectivity index (χ4n) is 2.93. The van der Waals surface area contributed by atoms with Crippen LogP contribution < -0.4 is 10.2 Å². The van der Waals surface area contributed by atoms with Crippen molar-refractivity contribution >= 4 is 40.9 Å². The van der Waals surface area contributed by atoms with Crippen molar-refractivity contribution in [2.75, 3.05) is 18.0 Å². The van der Waals surface area contributed by atoms with Gasteiger partial charge in [0.15, 0.2) is 5.11 Å². The molecule has 2 amide bonds. The van der Waals surface area contributed by atoms with Crippen LogP contribution in [-0.4, -0.2) is 34.9 Å². The monoisotopic (exact) mass is 383 g/mol. The van der Waals surface area contributed by atoms with Crippen LogP contribution in [0.4, 0.5) is 5.69 Å². The van der Waals surface area contributed by atoms with Gasteiger partial charge in [0.05, 0.1) is 12.8 Å². The normalized spacial score (nSPS) is 16.0. The van der Waals surface area contributed by atoms with Crippen molar-refractivity contribution in [1.82, 2.24) is 10.2 Å². The van der Waals surface area contributed by atoms with Crippen LogP contribution in [0.5, 0.6) is 0 Å². The van der Waals surface area contributed by atoms with Crippen molar-refractivity contribution in [2.24, 2.45) is 0 Å². The summed E-state index contributed by atoms with van der Waals surface area (Å²) >= 11 is 5.14. The molecule has 2 heterocycles. The number of hydrogen-bond acceptors (Lipinski definition) is 5. The maximum absolute atomic E-state index is 12.8. The molecular weight excluding hydrogens is 362 g/mol. The van der Waals surface area contributed by atoms with Gasteiger partial charge in [0.2, 0.25) is 0 Å². The highest BCUT2D eigenvalue weighted by atomic mass is 32.1. The molecule has 0 radical (unpaired) electrons. The Morgan fingerprint density at radius 1 is 1.15 bits per heavy atom. The molecule has 7 heteroatoms. The highest BCUT2D eigenvalue weighted by Crippen LogP contribution is 2.20. The summed E-state index contributed by atoms with van der Waals surface area (Å²) in [5.41, 5.74) is 1.92. The second-order valence-electron chi connectivity index (χ2n) is 6.05. The number of nitrogens with zero attached hydrogens (tertiary/aromatic N) is 2. The van der Waals surface area contributed by atoms with Crippen LogP contribution in [0.15, 0.2) is 52.7 Å². The van der Waals surface area contributed by atoms with Crippen LogP contribution in [0.1, 0.15) is 25.2 Å². The van der Waals surface area contributed by atoms with E-state index in [1.807, 2.05) is 24.3 Å². The molecule has 0 saturated carbocycles. The first kappa shape index (κ1) is 18.8. The Morgan fingerprint density at radius 3 is 2.44 bits per heavy atom. The fourth-order valence-corrected chi connectivity index (χ4v) is 3.17. The number of anilines is 1. The topological polar surface area (TPSA) is 65.8 Å². The van der Waals surface area contributed by atoms with Gasteiger partial charge in [0.1, 0.15) is 11.3 Å². The predicted octanol–water partition coefficient (Wildman–Crippen LogP) is 2.95. The van der Waals surface area contributed by atoms with Gasteiger partial charge in [-0.15, -0.1) is 0 Å². The molecule has 2 aromatic rings. The lowest BCUT2D eigenvalue weighted by Crippen LogP contribution is -2.53. The average molecular weight is 383 g/mol. The van der Waals surface area contributed by atoms with Crippen molar-refractivity contribution in [3.8, 4) is 0 Å². The Balaban J connectivity index is 1.84. The fraction of sp³-hybridized carbons (Fsp3) is 0.250. The Hall–Kier alpha value is -2.93. The smallest absolute Gasteiger partial charge is 0.266 e. The first-order valence-corrected chi connectivity index (χ1v) is 9.20. The van der Waals surface area contributed by atoms with Gasteiger partial charge in [-0.2, -0.15) is 0 Å². The van der Waals surface area contributed by atoms with Crippen LogP contribution in [0.3, 0.4) is 0 Å². The third-order valence-electron chi connectivity index (χ3n) is 4.41. The molecule has 6 nitrogen and oxygen atoms in total. The van der Waals surface area contributed by atoms with E-state index in [2.05, 4.69) is 24.1 Å². The maximum Gasteiger partial charge on any atom is 0.266 e. The summed E-state index contributed by atoms with van der Waals surface area (Å²) < 4.78 is 5.28. The van der Waals surface area contributed by atoms with Crippen molar-refractivity contribution in [1.29, 1.82) is 0 Å². The summed E-state index contributed by atoms with van der Waals surface area (Å²) in [6.45, 7) is 6.19. The largest absolute Gasteiger partial charge is 0.467 e. The molecule has 1 N–H and O–H groups in total. The van der Waals surface area contributed by atoms with Crippen molar-refractivity contribution < 1.29 is 14.0 Å². The molecule has 0 bridgehead atoms. The zero-order valence-corrected chi connectivity index (χ0v) is 16.1. The van der Waals surface area contributed by atoms with E-state index in [1.165, 1.54) is 11.2 Å². The SMILES string of the molecule is CCN(CC)c1ccc(/C=C2/C(=O)NC(=S)N(Cc3ccco3)C2=O)cc1. The number of furan rings is 1. The summed E-state index contributed by atoms with van der Waals surface area (Å²) in [5.74, 6) is -0.341. The molecule has 0 spiro atoms. The molecule has 1 aromatic heterocycles. The second kappa shape index (κ2) is 8.18. The minimum atomic E-state index is -0.492. The van der Waals surface area contributed by atoms with Gasteiger partial charge in [-0.1, -0.05) is 12.1 Å². The van der Waals surface area contributed by atoms with Crippen LogP contribution in [-0.2, 0) is 16.1 Å². The number of carbonyl (C=O) groups excluding carboxylic acids is 2. The van der Waals surface area contributed by atoms with Gasteiger partial charge < -0.3 is 9.32 Å². The lowest BCUT2D eigenvalue weighted by atomic mass is 10.1. The first-order chi connectivity index (χ1) is 13.0. The standard InChI is InChI=1S/C20H21N3O3S/c1-3-22(4-2)15-9-7-14(8-10-15)12-17-18(24)21-20(27)23(19(17)25)13-16-6-5-11-26-16/h5-12H,3-4,13H2,1-2H3,(H,21,24,27)/b17-12-. The van der Waals surface area contributed by atoms with E-state index in [-0.39, 0.29) is 17.2 Å². The van der Waals surface area contributed by atoms with E-state index in [4.69, 9.17) is 16.6 Å². The highest BCUT2D eigenvalue weighted by Gasteiger charge is 2.33. The van der Waals surface area contributed by atoms with Gasteiger partial charge in [0.25, 0.3) is 11.8 Å².